The molecular weight excluding hydrogens is 342 g/mol. The lowest BCUT2D eigenvalue weighted by Gasteiger charge is -2.30. The van der Waals surface area contributed by atoms with Gasteiger partial charge in [0.25, 0.3) is 0 Å². The molecule has 0 amide bonds. The lowest BCUT2D eigenvalue weighted by molar-refractivity contribution is 0.0596. The third-order valence-corrected chi connectivity index (χ3v) is 6.07. The van der Waals surface area contributed by atoms with E-state index in [0.29, 0.717) is 10.8 Å². The zero-order valence-corrected chi connectivity index (χ0v) is 15.0. The molecule has 2 unspecified atom stereocenters. The molecular formula is C17H21N3O4S. The van der Waals surface area contributed by atoms with Gasteiger partial charge in [0, 0.05) is 23.0 Å². The van der Waals surface area contributed by atoms with Crippen LogP contribution >= 0.6 is 0 Å². The van der Waals surface area contributed by atoms with Crippen molar-refractivity contribution < 1.29 is 17.9 Å². The van der Waals surface area contributed by atoms with Gasteiger partial charge in [-0.2, -0.15) is 0 Å². The number of piperidine rings is 1. The Hall–Kier alpha value is -2.03. The third kappa shape index (κ3) is 3.51. The minimum Gasteiger partial charge on any atom is -0.464 e. The summed E-state index contributed by atoms with van der Waals surface area (Å²) in [5.74, 6) is -0.397. The second-order valence-corrected chi connectivity index (χ2v) is 7.88. The number of nitrogens with one attached hydrogen (secondary N) is 2. The Bertz CT molecular complexity index is 898. The Balaban J connectivity index is 2.04. The lowest BCUT2D eigenvalue weighted by Crippen LogP contribution is -2.48. The molecule has 7 nitrogen and oxygen atoms in total. The monoisotopic (exact) mass is 363 g/mol. The van der Waals surface area contributed by atoms with Crippen molar-refractivity contribution in [3.63, 3.8) is 0 Å². The third-order valence-electron chi connectivity index (χ3n) is 4.53. The van der Waals surface area contributed by atoms with Crippen LogP contribution < -0.4 is 10.0 Å². The van der Waals surface area contributed by atoms with Crippen molar-refractivity contribution in [2.45, 2.75) is 24.3 Å². The van der Waals surface area contributed by atoms with Crippen molar-refractivity contribution in [1.29, 1.82) is 0 Å². The van der Waals surface area contributed by atoms with Crippen molar-refractivity contribution in [2.75, 3.05) is 20.2 Å². The fraction of sp³-hybridized carbons (Fsp3) is 0.412. The number of hydrogen-bond acceptors (Lipinski definition) is 6. The van der Waals surface area contributed by atoms with E-state index in [4.69, 9.17) is 4.74 Å². The molecule has 2 N–H and O–H groups in total. The van der Waals surface area contributed by atoms with Gasteiger partial charge >= 0.3 is 5.97 Å². The number of methoxy groups -OCH3 is 1. The van der Waals surface area contributed by atoms with Gasteiger partial charge in [-0.15, -0.1) is 0 Å². The molecule has 1 aliphatic heterocycles. The van der Waals surface area contributed by atoms with Crippen molar-refractivity contribution in [3.8, 4) is 0 Å². The number of carbonyl (C=O) groups is 1. The van der Waals surface area contributed by atoms with Crippen LogP contribution in [0.3, 0.4) is 0 Å². The average Bonchev–Trinajstić information content (AvgIpc) is 2.61. The van der Waals surface area contributed by atoms with Crippen LogP contribution in [0.25, 0.3) is 10.8 Å². The fourth-order valence-corrected chi connectivity index (χ4v) is 4.72. The van der Waals surface area contributed by atoms with Crippen LogP contribution in [0.15, 0.2) is 35.4 Å². The number of fused-ring (bicyclic) bond motifs is 1. The van der Waals surface area contributed by atoms with Crippen LogP contribution in [0, 0.1) is 5.92 Å². The fourth-order valence-electron chi connectivity index (χ4n) is 3.12. The highest BCUT2D eigenvalue weighted by Gasteiger charge is 2.28. The molecule has 0 bridgehead atoms. The van der Waals surface area contributed by atoms with Crippen LogP contribution in [-0.4, -0.2) is 45.6 Å². The first kappa shape index (κ1) is 17.8. The maximum atomic E-state index is 12.9. The number of hydrogen-bond donors (Lipinski definition) is 2. The van der Waals surface area contributed by atoms with Crippen molar-refractivity contribution in [2.24, 2.45) is 5.92 Å². The van der Waals surface area contributed by atoms with Crippen molar-refractivity contribution in [3.05, 3.63) is 36.2 Å². The van der Waals surface area contributed by atoms with Crippen molar-refractivity contribution in [1.82, 2.24) is 15.0 Å². The second-order valence-electron chi connectivity index (χ2n) is 6.20. The number of pyridine rings is 1. The van der Waals surface area contributed by atoms with Gasteiger partial charge in [-0.05, 0) is 37.6 Å². The van der Waals surface area contributed by atoms with Crippen LogP contribution in [0.1, 0.15) is 23.8 Å². The van der Waals surface area contributed by atoms with E-state index in [9.17, 15) is 13.2 Å². The molecule has 134 valence electrons. The SMILES string of the molecule is COC(=O)c1nccc2c(S(=O)(=O)NC3CCNCC3C)cccc12. The largest absolute Gasteiger partial charge is 0.464 e. The summed E-state index contributed by atoms with van der Waals surface area (Å²) < 4.78 is 33.4. The summed E-state index contributed by atoms with van der Waals surface area (Å²) >= 11 is 0. The van der Waals surface area contributed by atoms with Gasteiger partial charge in [-0.3, -0.25) is 0 Å². The average molecular weight is 363 g/mol. The predicted molar refractivity (Wildman–Crippen MR) is 93.8 cm³/mol. The minimum atomic E-state index is -3.73. The van der Waals surface area contributed by atoms with E-state index in [-0.39, 0.29) is 22.5 Å². The Morgan fingerprint density at radius 3 is 2.84 bits per heavy atom. The van der Waals surface area contributed by atoms with E-state index in [2.05, 4.69) is 15.0 Å². The summed E-state index contributed by atoms with van der Waals surface area (Å²) in [5.41, 5.74) is 0.104. The molecule has 1 aromatic carbocycles. The van der Waals surface area contributed by atoms with Gasteiger partial charge in [0.05, 0.1) is 12.0 Å². The number of esters is 1. The molecule has 1 aromatic heterocycles. The highest BCUT2D eigenvalue weighted by atomic mass is 32.2. The first-order chi connectivity index (χ1) is 11.9. The summed E-state index contributed by atoms with van der Waals surface area (Å²) in [5, 5.41) is 4.16. The molecule has 2 heterocycles. The van der Waals surface area contributed by atoms with E-state index in [1.54, 1.807) is 18.2 Å². The Morgan fingerprint density at radius 2 is 2.12 bits per heavy atom. The summed E-state index contributed by atoms with van der Waals surface area (Å²) in [7, 11) is -2.46. The van der Waals surface area contributed by atoms with E-state index < -0.39 is 16.0 Å². The zero-order chi connectivity index (χ0) is 18.0. The number of nitrogens with zero attached hydrogens (tertiary/aromatic N) is 1. The number of benzene rings is 1. The molecule has 0 radical (unpaired) electrons. The minimum absolute atomic E-state index is 0.104. The zero-order valence-electron chi connectivity index (χ0n) is 14.2. The molecule has 0 aliphatic carbocycles. The lowest BCUT2D eigenvalue weighted by atomic mass is 9.97. The number of ether oxygens (including phenoxy) is 1. The number of aromatic nitrogens is 1. The molecule has 8 heteroatoms. The quantitative estimate of drug-likeness (QED) is 0.795. The van der Waals surface area contributed by atoms with E-state index >= 15 is 0 Å². The smallest absolute Gasteiger partial charge is 0.357 e. The first-order valence-electron chi connectivity index (χ1n) is 8.13. The molecule has 0 spiro atoms. The Morgan fingerprint density at radius 1 is 1.32 bits per heavy atom. The van der Waals surface area contributed by atoms with Crippen molar-refractivity contribution >= 4 is 26.8 Å². The maximum Gasteiger partial charge on any atom is 0.357 e. The summed E-state index contributed by atoms with van der Waals surface area (Å²) in [4.78, 5) is 16.1. The molecule has 1 aliphatic rings. The molecule has 0 saturated carbocycles. The number of rotatable bonds is 4. The summed E-state index contributed by atoms with van der Waals surface area (Å²) in [6.45, 7) is 3.57. The van der Waals surface area contributed by atoms with Gasteiger partial charge in [0.2, 0.25) is 10.0 Å². The Labute approximate surface area is 146 Å². The topological polar surface area (TPSA) is 97.4 Å². The molecule has 3 rings (SSSR count). The predicted octanol–water partition coefficient (Wildman–Crippen LogP) is 1.30. The molecule has 2 aromatic rings. The van der Waals surface area contributed by atoms with Crippen LogP contribution in [0.4, 0.5) is 0 Å². The number of sulfonamides is 1. The van der Waals surface area contributed by atoms with E-state index in [1.807, 2.05) is 6.92 Å². The summed E-state index contributed by atoms with van der Waals surface area (Å²) in [6, 6.07) is 6.29. The van der Waals surface area contributed by atoms with Gasteiger partial charge in [0.15, 0.2) is 5.69 Å². The van der Waals surface area contributed by atoms with Gasteiger partial charge in [-0.1, -0.05) is 19.1 Å². The normalized spacial score (nSPS) is 21.2. The van der Waals surface area contributed by atoms with Crippen LogP contribution in [-0.2, 0) is 14.8 Å². The number of carbonyl (C=O) groups excluding carboxylic acids is 1. The Kier molecular flexibility index (Phi) is 5.03. The van der Waals surface area contributed by atoms with E-state index in [0.717, 1.165) is 19.5 Å². The summed E-state index contributed by atoms with van der Waals surface area (Å²) in [6.07, 6.45) is 2.15. The second kappa shape index (κ2) is 7.07. The molecule has 1 fully saturated rings. The first-order valence-corrected chi connectivity index (χ1v) is 9.61. The highest BCUT2D eigenvalue weighted by Crippen LogP contribution is 2.26. The highest BCUT2D eigenvalue weighted by molar-refractivity contribution is 7.89. The van der Waals surface area contributed by atoms with Crippen LogP contribution in [0.2, 0.25) is 0 Å². The molecule has 2 atom stereocenters. The standard InChI is InChI=1S/C17H21N3O4S/c1-11-10-18-8-7-14(11)20-25(22,23)15-5-3-4-13-12(15)6-9-19-16(13)17(21)24-2/h3-6,9,11,14,18,20H,7-8,10H2,1-2H3. The van der Waals surface area contributed by atoms with Gasteiger partial charge in [-0.25, -0.2) is 22.9 Å². The van der Waals surface area contributed by atoms with Crippen LogP contribution in [0.5, 0.6) is 0 Å². The van der Waals surface area contributed by atoms with E-state index in [1.165, 1.54) is 19.4 Å². The maximum absolute atomic E-state index is 12.9. The van der Waals surface area contributed by atoms with Gasteiger partial charge in [0.1, 0.15) is 0 Å². The molecule has 1 saturated heterocycles. The molecule has 25 heavy (non-hydrogen) atoms. The van der Waals surface area contributed by atoms with Gasteiger partial charge < -0.3 is 10.1 Å².